The van der Waals surface area contributed by atoms with Crippen molar-refractivity contribution in [2.24, 2.45) is 0 Å². The lowest BCUT2D eigenvalue weighted by Crippen LogP contribution is -2.27. The molecule has 0 aliphatic heterocycles. The molecule has 0 atom stereocenters. The number of nitrogens with zero attached hydrogens (tertiary/aromatic N) is 1. The molecule has 0 fully saturated rings. The maximum atomic E-state index is 5.15. The molecule has 0 saturated heterocycles. The Balaban J connectivity index is 2.20. The van der Waals surface area contributed by atoms with E-state index in [0.29, 0.717) is 6.61 Å². The van der Waals surface area contributed by atoms with Crippen LogP contribution >= 0.6 is 0 Å². The molecule has 0 aromatic heterocycles. The van der Waals surface area contributed by atoms with Crippen molar-refractivity contribution in [2.45, 2.75) is 33.4 Å². The molecule has 1 aromatic carbocycles. The highest BCUT2D eigenvalue weighted by Gasteiger charge is 1.99. The van der Waals surface area contributed by atoms with Gasteiger partial charge in [0.2, 0.25) is 0 Å². The number of rotatable bonds is 10. The fourth-order valence-corrected chi connectivity index (χ4v) is 2.20. The van der Waals surface area contributed by atoms with Gasteiger partial charge in [0, 0.05) is 13.7 Å². The smallest absolute Gasteiger partial charge is 0.0713 e. The molecule has 0 aliphatic carbocycles. The number of ether oxygens (including phenoxy) is 1. The lowest BCUT2D eigenvalue weighted by Gasteiger charge is -2.17. The van der Waals surface area contributed by atoms with Crippen molar-refractivity contribution in [2.75, 3.05) is 33.3 Å². The summed E-state index contributed by atoms with van der Waals surface area (Å²) in [5.41, 5.74) is 2.57. The topological polar surface area (TPSA) is 24.5 Å². The molecule has 3 heteroatoms. The largest absolute Gasteiger partial charge is 0.380 e. The lowest BCUT2D eigenvalue weighted by atomic mass is 10.1. The maximum absolute atomic E-state index is 5.15. The summed E-state index contributed by atoms with van der Waals surface area (Å²) in [6, 6.07) is 8.58. The van der Waals surface area contributed by atoms with E-state index in [1.807, 2.05) is 0 Å². The third-order valence-corrected chi connectivity index (χ3v) is 3.35. The summed E-state index contributed by atoms with van der Waals surface area (Å²) >= 11 is 0. The van der Waals surface area contributed by atoms with Crippen molar-refractivity contribution in [1.29, 1.82) is 0 Å². The van der Waals surface area contributed by atoms with Gasteiger partial charge in [0.15, 0.2) is 0 Å². The SMILES string of the molecule is CCN(CC)CCCNCc1cccc(COC)c1. The number of hydrogen-bond donors (Lipinski definition) is 1. The minimum absolute atomic E-state index is 0.690. The van der Waals surface area contributed by atoms with Gasteiger partial charge in [-0.25, -0.2) is 0 Å². The normalized spacial score (nSPS) is 11.2. The summed E-state index contributed by atoms with van der Waals surface area (Å²) in [6.45, 7) is 10.6. The van der Waals surface area contributed by atoms with Crippen LogP contribution in [0.1, 0.15) is 31.4 Å². The van der Waals surface area contributed by atoms with Crippen LogP contribution in [0.15, 0.2) is 24.3 Å². The Kier molecular flexibility index (Phi) is 8.47. The van der Waals surface area contributed by atoms with Crippen LogP contribution in [0.4, 0.5) is 0 Å². The van der Waals surface area contributed by atoms with Gasteiger partial charge in [0.25, 0.3) is 0 Å². The van der Waals surface area contributed by atoms with Crippen molar-refractivity contribution < 1.29 is 4.74 Å². The number of benzene rings is 1. The molecule has 0 unspecified atom stereocenters. The van der Waals surface area contributed by atoms with Gasteiger partial charge in [-0.3, -0.25) is 0 Å². The molecule has 1 N–H and O–H groups in total. The number of hydrogen-bond acceptors (Lipinski definition) is 3. The molecule has 0 heterocycles. The zero-order valence-electron chi connectivity index (χ0n) is 12.6. The number of methoxy groups -OCH3 is 1. The van der Waals surface area contributed by atoms with Crippen LogP contribution < -0.4 is 5.32 Å². The van der Waals surface area contributed by atoms with Gasteiger partial charge >= 0.3 is 0 Å². The van der Waals surface area contributed by atoms with E-state index in [2.05, 4.69) is 48.3 Å². The van der Waals surface area contributed by atoms with Gasteiger partial charge in [0.1, 0.15) is 0 Å². The van der Waals surface area contributed by atoms with E-state index in [0.717, 1.165) is 26.2 Å². The van der Waals surface area contributed by atoms with Gasteiger partial charge < -0.3 is 15.0 Å². The Hall–Kier alpha value is -0.900. The van der Waals surface area contributed by atoms with Gasteiger partial charge in [-0.15, -0.1) is 0 Å². The second-order valence-corrected chi connectivity index (χ2v) is 4.81. The van der Waals surface area contributed by atoms with E-state index in [9.17, 15) is 0 Å². The third kappa shape index (κ3) is 6.71. The first-order valence-corrected chi connectivity index (χ1v) is 7.30. The Morgan fingerprint density at radius 3 is 2.58 bits per heavy atom. The molecular weight excluding hydrogens is 236 g/mol. The molecular formula is C16H28N2O. The molecule has 0 saturated carbocycles. The van der Waals surface area contributed by atoms with E-state index in [1.165, 1.54) is 24.1 Å². The monoisotopic (exact) mass is 264 g/mol. The van der Waals surface area contributed by atoms with E-state index in [-0.39, 0.29) is 0 Å². The average Bonchev–Trinajstić information content (AvgIpc) is 2.44. The van der Waals surface area contributed by atoms with Crippen LogP contribution in [0.5, 0.6) is 0 Å². The molecule has 19 heavy (non-hydrogen) atoms. The van der Waals surface area contributed by atoms with Crippen LogP contribution in [0, 0.1) is 0 Å². The van der Waals surface area contributed by atoms with E-state index in [1.54, 1.807) is 7.11 Å². The molecule has 108 valence electrons. The molecule has 0 aliphatic rings. The van der Waals surface area contributed by atoms with Crippen LogP contribution in [-0.4, -0.2) is 38.2 Å². The first-order valence-electron chi connectivity index (χ1n) is 7.30. The summed E-state index contributed by atoms with van der Waals surface area (Å²) in [5.74, 6) is 0. The highest BCUT2D eigenvalue weighted by molar-refractivity contribution is 5.22. The first kappa shape index (κ1) is 16.2. The highest BCUT2D eigenvalue weighted by atomic mass is 16.5. The molecule has 0 radical (unpaired) electrons. The van der Waals surface area contributed by atoms with E-state index < -0.39 is 0 Å². The fourth-order valence-electron chi connectivity index (χ4n) is 2.20. The van der Waals surface area contributed by atoms with Crippen molar-refractivity contribution in [3.8, 4) is 0 Å². The summed E-state index contributed by atoms with van der Waals surface area (Å²) < 4.78 is 5.15. The second-order valence-electron chi connectivity index (χ2n) is 4.81. The summed E-state index contributed by atoms with van der Waals surface area (Å²) in [6.07, 6.45) is 1.21. The standard InChI is InChI=1S/C16H28N2O/c1-4-18(5-2)11-7-10-17-13-15-8-6-9-16(12-15)14-19-3/h6,8-9,12,17H,4-5,7,10-11,13-14H2,1-3H3. The lowest BCUT2D eigenvalue weighted by molar-refractivity contribution is 0.185. The predicted octanol–water partition coefficient (Wildman–Crippen LogP) is 2.65. The minimum Gasteiger partial charge on any atom is -0.380 e. The van der Waals surface area contributed by atoms with Crippen molar-refractivity contribution in [3.05, 3.63) is 35.4 Å². The quantitative estimate of drug-likeness (QED) is 0.658. The Morgan fingerprint density at radius 1 is 1.16 bits per heavy atom. The molecule has 0 spiro atoms. The average molecular weight is 264 g/mol. The predicted molar refractivity (Wildman–Crippen MR) is 81.3 cm³/mol. The summed E-state index contributed by atoms with van der Waals surface area (Å²) in [4.78, 5) is 2.46. The maximum Gasteiger partial charge on any atom is 0.0713 e. The van der Waals surface area contributed by atoms with Crippen molar-refractivity contribution in [3.63, 3.8) is 0 Å². The zero-order chi connectivity index (χ0) is 13.9. The summed E-state index contributed by atoms with van der Waals surface area (Å²) in [5, 5.41) is 3.51. The third-order valence-electron chi connectivity index (χ3n) is 3.35. The molecule has 1 rings (SSSR count). The van der Waals surface area contributed by atoms with Crippen LogP contribution in [0.25, 0.3) is 0 Å². The number of nitrogens with one attached hydrogen (secondary N) is 1. The van der Waals surface area contributed by atoms with Gasteiger partial charge in [-0.05, 0) is 43.7 Å². The molecule has 0 bridgehead atoms. The molecule has 1 aromatic rings. The van der Waals surface area contributed by atoms with Crippen LogP contribution in [0.3, 0.4) is 0 Å². The van der Waals surface area contributed by atoms with Crippen molar-refractivity contribution in [1.82, 2.24) is 10.2 Å². The molecule has 0 amide bonds. The van der Waals surface area contributed by atoms with E-state index in [4.69, 9.17) is 4.74 Å². The van der Waals surface area contributed by atoms with Crippen molar-refractivity contribution >= 4 is 0 Å². The van der Waals surface area contributed by atoms with Crippen LogP contribution in [0.2, 0.25) is 0 Å². The first-order chi connectivity index (χ1) is 9.30. The van der Waals surface area contributed by atoms with Gasteiger partial charge in [-0.1, -0.05) is 38.1 Å². The highest BCUT2D eigenvalue weighted by Crippen LogP contribution is 2.06. The zero-order valence-corrected chi connectivity index (χ0v) is 12.6. The Labute approximate surface area is 118 Å². The second kappa shape index (κ2) is 9.96. The van der Waals surface area contributed by atoms with Crippen LogP contribution in [-0.2, 0) is 17.9 Å². The summed E-state index contributed by atoms with van der Waals surface area (Å²) in [7, 11) is 1.73. The molecule has 3 nitrogen and oxygen atoms in total. The minimum atomic E-state index is 0.690. The fraction of sp³-hybridized carbons (Fsp3) is 0.625. The Bertz CT molecular complexity index is 337. The van der Waals surface area contributed by atoms with E-state index >= 15 is 0 Å². The Morgan fingerprint density at radius 2 is 1.89 bits per heavy atom. The van der Waals surface area contributed by atoms with Gasteiger partial charge in [0.05, 0.1) is 6.61 Å². The van der Waals surface area contributed by atoms with Gasteiger partial charge in [-0.2, -0.15) is 0 Å².